The Labute approximate surface area is 153 Å². The molecule has 2 fully saturated rings. The Hall–Kier alpha value is -0.810. The van der Waals surface area contributed by atoms with Crippen LogP contribution in [0.4, 0.5) is 4.79 Å². The molecule has 0 N–H and O–H groups in total. The van der Waals surface area contributed by atoms with Crippen molar-refractivity contribution in [1.29, 1.82) is 0 Å². The van der Waals surface area contributed by atoms with E-state index < -0.39 is 0 Å². The number of thioether (sulfide) groups is 2. The zero-order valence-electron chi connectivity index (χ0n) is 14.6. The Kier molecular flexibility index (Phi) is 6.03. The number of benzene rings is 1. The summed E-state index contributed by atoms with van der Waals surface area (Å²) in [5, 5.41) is 0. The molecule has 2 heterocycles. The molecule has 132 valence electrons. The lowest BCUT2D eigenvalue weighted by Gasteiger charge is -2.48. The summed E-state index contributed by atoms with van der Waals surface area (Å²) in [5.74, 6) is 2.45. The highest BCUT2D eigenvalue weighted by molar-refractivity contribution is 8.21. The SMILES string of the molecule is CCC[C@H]1CC2(C[C@H](c3ccccc3)N1C(=O)OCC)SCCS2. The quantitative estimate of drug-likeness (QED) is 0.722. The molecule has 0 aromatic heterocycles. The molecular weight excluding hydrogens is 338 g/mol. The van der Waals surface area contributed by atoms with Crippen molar-refractivity contribution >= 4 is 29.6 Å². The van der Waals surface area contributed by atoms with Gasteiger partial charge in [0.25, 0.3) is 0 Å². The Morgan fingerprint density at radius 1 is 1.21 bits per heavy atom. The number of ether oxygens (including phenoxy) is 1. The number of rotatable bonds is 4. The number of piperidine rings is 1. The number of hydrogen-bond acceptors (Lipinski definition) is 4. The Morgan fingerprint density at radius 2 is 1.92 bits per heavy atom. The second-order valence-corrected chi connectivity index (χ2v) is 9.71. The van der Waals surface area contributed by atoms with Gasteiger partial charge in [-0.3, -0.25) is 4.90 Å². The summed E-state index contributed by atoms with van der Waals surface area (Å²) in [6.45, 7) is 4.53. The van der Waals surface area contributed by atoms with Gasteiger partial charge in [-0.1, -0.05) is 43.7 Å². The normalized spacial score (nSPS) is 25.8. The van der Waals surface area contributed by atoms with Gasteiger partial charge in [0.1, 0.15) is 0 Å². The zero-order chi connectivity index (χ0) is 17.0. The smallest absolute Gasteiger partial charge is 0.410 e. The van der Waals surface area contributed by atoms with Gasteiger partial charge in [0.2, 0.25) is 0 Å². The fraction of sp³-hybridized carbons (Fsp3) is 0.632. The van der Waals surface area contributed by atoms with E-state index in [2.05, 4.69) is 54.7 Å². The second-order valence-electron chi connectivity index (χ2n) is 6.49. The average Bonchev–Trinajstić information content (AvgIpc) is 3.03. The first-order chi connectivity index (χ1) is 11.7. The highest BCUT2D eigenvalue weighted by Gasteiger charge is 2.49. The molecule has 0 unspecified atom stereocenters. The van der Waals surface area contributed by atoms with Crippen molar-refractivity contribution in [2.45, 2.75) is 55.7 Å². The fourth-order valence-electron chi connectivity index (χ4n) is 3.92. The highest BCUT2D eigenvalue weighted by atomic mass is 32.2. The number of nitrogens with zero attached hydrogens (tertiary/aromatic N) is 1. The lowest BCUT2D eigenvalue weighted by molar-refractivity contribution is 0.0441. The zero-order valence-corrected chi connectivity index (χ0v) is 16.2. The van der Waals surface area contributed by atoms with Crippen molar-refractivity contribution in [1.82, 2.24) is 4.90 Å². The minimum atomic E-state index is -0.146. The van der Waals surface area contributed by atoms with Gasteiger partial charge in [-0.05, 0) is 31.7 Å². The van der Waals surface area contributed by atoms with E-state index in [1.54, 1.807) is 0 Å². The summed E-state index contributed by atoms with van der Waals surface area (Å²) in [7, 11) is 0. The van der Waals surface area contributed by atoms with Gasteiger partial charge in [-0.25, -0.2) is 4.79 Å². The predicted octanol–water partition coefficient (Wildman–Crippen LogP) is 5.33. The molecule has 0 aliphatic carbocycles. The average molecular weight is 366 g/mol. The second kappa shape index (κ2) is 8.05. The largest absolute Gasteiger partial charge is 0.450 e. The molecule has 24 heavy (non-hydrogen) atoms. The van der Waals surface area contributed by atoms with E-state index in [0.29, 0.717) is 6.61 Å². The van der Waals surface area contributed by atoms with Crippen molar-refractivity contribution in [2.24, 2.45) is 0 Å². The third-order valence-electron chi connectivity index (χ3n) is 4.88. The first-order valence-corrected chi connectivity index (χ1v) is 10.9. The van der Waals surface area contributed by atoms with E-state index in [4.69, 9.17) is 4.74 Å². The molecule has 2 saturated heterocycles. The summed E-state index contributed by atoms with van der Waals surface area (Å²) < 4.78 is 5.70. The molecule has 1 aromatic carbocycles. The Balaban J connectivity index is 1.95. The summed E-state index contributed by atoms with van der Waals surface area (Å²) in [4.78, 5) is 14.8. The molecule has 3 nitrogen and oxygen atoms in total. The molecule has 0 bridgehead atoms. The first kappa shape index (κ1) is 18.0. The molecule has 3 rings (SSSR count). The van der Waals surface area contributed by atoms with Crippen LogP contribution in [-0.2, 0) is 4.74 Å². The monoisotopic (exact) mass is 365 g/mol. The van der Waals surface area contributed by atoms with Gasteiger partial charge in [-0.2, -0.15) is 0 Å². The molecule has 1 spiro atoms. The van der Waals surface area contributed by atoms with Gasteiger partial charge in [0.15, 0.2) is 0 Å². The third-order valence-corrected chi connectivity index (χ3v) is 8.38. The molecule has 0 radical (unpaired) electrons. The molecule has 2 atom stereocenters. The van der Waals surface area contributed by atoms with Crippen LogP contribution in [0, 0.1) is 0 Å². The van der Waals surface area contributed by atoms with Crippen molar-refractivity contribution in [3.8, 4) is 0 Å². The number of carbonyl (C=O) groups excluding carboxylic acids is 1. The standard InChI is InChI=1S/C19H27NO2S2/c1-3-8-16-13-19(23-11-12-24-19)14-17(15-9-6-5-7-10-15)20(16)18(21)22-4-2/h5-7,9-10,16-17H,3-4,8,11-14H2,1-2H3/t16-,17+/m0/s1. The van der Waals surface area contributed by atoms with Crippen LogP contribution in [0.2, 0.25) is 0 Å². The Morgan fingerprint density at radius 3 is 2.54 bits per heavy atom. The first-order valence-electron chi connectivity index (χ1n) is 8.97. The molecule has 1 aromatic rings. The maximum Gasteiger partial charge on any atom is 0.410 e. The molecule has 2 aliphatic rings. The number of amides is 1. The highest BCUT2D eigenvalue weighted by Crippen LogP contribution is 2.57. The maximum atomic E-state index is 12.8. The van der Waals surface area contributed by atoms with Crippen LogP contribution in [-0.4, -0.2) is 39.2 Å². The van der Waals surface area contributed by atoms with Crippen molar-refractivity contribution in [3.63, 3.8) is 0 Å². The maximum absolute atomic E-state index is 12.8. The van der Waals surface area contributed by atoms with E-state index in [1.807, 2.05) is 17.9 Å². The molecule has 0 saturated carbocycles. The van der Waals surface area contributed by atoms with Crippen molar-refractivity contribution < 1.29 is 9.53 Å². The number of likely N-dealkylation sites (tertiary alicyclic amines) is 1. The van der Waals surface area contributed by atoms with Crippen LogP contribution in [0.5, 0.6) is 0 Å². The lowest BCUT2D eigenvalue weighted by Crippen LogP contribution is -2.51. The van der Waals surface area contributed by atoms with Crippen LogP contribution < -0.4 is 0 Å². The third kappa shape index (κ3) is 3.72. The van der Waals surface area contributed by atoms with Crippen LogP contribution in [0.1, 0.15) is 51.1 Å². The molecule has 2 aliphatic heterocycles. The van der Waals surface area contributed by atoms with Crippen LogP contribution in [0.3, 0.4) is 0 Å². The Bertz CT molecular complexity index is 546. The van der Waals surface area contributed by atoms with Crippen LogP contribution in [0.15, 0.2) is 30.3 Å². The van der Waals surface area contributed by atoms with Crippen molar-refractivity contribution in [3.05, 3.63) is 35.9 Å². The van der Waals surface area contributed by atoms with E-state index in [1.165, 1.54) is 17.1 Å². The van der Waals surface area contributed by atoms with E-state index in [0.717, 1.165) is 25.7 Å². The van der Waals surface area contributed by atoms with Crippen molar-refractivity contribution in [2.75, 3.05) is 18.1 Å². The van der Waals surface area contributed by atoms with E-state index in [9.17, 15) is 4.79 Å². The predicted molar refractivity (Wildman–Crippen MR) is 104 cm³/mol. The minimum Gasteiger partial charge on any atom is -0.450 e. The summed E-state index contributed by atoms with van der Waals surface area (Å²) >= 11 is 4.21. The summed E-state index contributed by atoms with van der Waals surface area (Å²) in [6.07, 6.45) is 4.09. The number of hydrogen-bond donors (Lipinski definition) is 0. The van der Waals surface area contributed by atoms with E-state index >= 15 is 0 Å². The molecule has 5 heteroatoms. The van der Waals surface area contributed by atoms with Gasteiger partial charge >= 0.3 is 6.09 Å². The minimum absolute atomic E-state index is 0.119. The number of carbonyl (C=O) groups is 1. The van der Waals surface area contributed by atoms with Gasteiger partial charge < -0.3 is 4.74 Å². The summed E-state index contributed by atoms with van der Waals surface area (Å²) in [6, 6.07) is 10.9. The topological polar surface area (TPSA) is 29.5 Å². The van der Waals surface area contributed by atoms with E-state index in [-0.39, 0.29) is 22.3 Å². The summed E-state index contributed by atoms with van der Waals surface area (Å²) in [5.41, 5.74) is 1.24. The lowest BCUT2D eigenvalue weighted by atomic mass is 9.88. The van der Waals surface area contributed by atoms with Crippen LogP contribution in [0.25, 0.3) is 0 Å². The molecule has 1 amide bonds. The van der Waals surface area contributed by atoms with Gasteiger partial charge in [0, 0.05) is 17.5 Å². The van der Waals surface area contributed by atoms with Gasteiger partial charge in [-0.15, -0.1) is 23.5 Å². The fourth-order valence-corrected chi connectivity index (χ4v) is 7.34. The van der Waals surface area contributed by atoms with Crippen LogP contribution >= 0.6 is 23.5 Å². The van der Waals surface area contributed by atoms with Gasteiger partial charge in [0.05, 0.1) is 16.7 Å². The molecular formula is C19H27NO2S2.